The van der Waals surface area contributed by atoms with Crippen LogP contribution in [-0.2, 0) is 0 Å². The van der Waals surface area contributed by atoms with Crippen molar-refractivity contribution in [3.63, 3.8) is 0 Å². The monoisotopic (exact) mass is 290 g/mol. The molecule has 3 rings (SSSR count). The van der Waals surface area contributed by atoms with Crippen molar-refractivity contribution >= 4 is 28.2 Å². The number of anilines is 1. The number of alkyl halides is 1. The first-order chi connectivity index (χ1) is 9.76. The lowest BCUT2D eigenvalue weighted by Gasteiger charge is -2.26. The number of hydrogen-bond donors (Lipinski definition) is 1. The number of rotatable bonds is 3. The van der Waals surface area contributed by atoms with Gasteiger partial charge in [-0.2, -0.15) is 0 Å². The first-order valence-corrected chi connectivity index (χ1v) is 7.53. The molecule has 4 heteroatoms. The highest BCUT2D eigenvalue weighted by molar-refractivity contribution is 6.20. The summed E-state index contributed by atoms with van der Waals surface area (Å²) < 4.78 is 5.31. The van der Waals surface area contributed by atoms with Gasteiger partial charge in [0.15, 0.2) is 0 Å². The van der Waals surface area contributed by atoms with Crippen molar-refractivity contribution in [2.45, 2.75) is 37.1 Å². The maximum atomic E-state index is 6.16. The van der Waals surface area contributed by atoms with Crippen LogP contribution in [0.4, 0.5) is 5.82 Å². The Hall–Kier alpha value is -1.48. The molecule has 1 fully saturated rings. The van der Waals surface area contributed by atoms with E-state index in [9.17, 15) is 0 Å². The van der Waals surface area contributed by atoms with Gasteiger partial charge in [-0.15, -0.1) is 11.6 Å². The molecule has 1 heterocycles. The lowest BCUT2D eigenvalue weighted by Crippen LogP contribution is -2.26. The minimum Gasteiger partial charge on any atom is -0.497 e. The maximum Gasteiger partial charge on any atom is 0.134 e. The Morgan fingerprint density at radius 3 is 2.75 bits per heavy atom. The van der Waals surface area contributed by atoms with Gasteiger partial charge < -0.3 is 10.1 Å². The number of methoxy groups -OCH3 is 1. The number of nitrogens with one attached hydrogen (secondary N) is 1. The first kappa shape index (κ1) is 13.5. The molecule has 0 radical (unpaired) electrons. The highest BCUT2D eigenvalue weighted by Gasteiger charge is 2.20. The smallest absolute Gasteiger partial charge is 0.134 e. The number of benzene rings is 1. The van der Waals surface area contributed by atoms with E-state index in [1.54, 1.807) is 7.11 Å². The normalized spacial score (nSPS) is 22.7. The molecular weight excluding hydrogens is 272 g/mol. The molecule has 0 saturated heterocycles. The largest absolute Gasteiger partial charge is 0.497 e. The summed E-state index contributed by atoms with van der Waals surface area (Å²) in [6, 6.07) is 8.57. The van der Waals surface area contributed by atoms with E-state index >= 15 is 0 Å². The van der Waals surface area contributed by atoms with E-state index < -0.39 is 0 Å². The molecule has 1 saturated carbocycles. The molecule has 0 atom stereocenters. The molecule has 0 unspecified atom stereocenters. The van der Waals surface area contributed by atoms with Crippen molar-refractivity contribution in [2.24, 2.45) is 0 Å². The van der Waals surface area contributed by atoms with Gasteiger partial charge in [-0.1, -0.05) is 6.07 Å². The fourth-order valence-corrected chi connectivity index (χ4v) is 3.03. The Morgan fingerprint density at radius 1 is 1.20 bits per heavy atom. The fraction of sp³-hybridized carbons (Fsp3) is 0.438. The summed E-state index contributed by atoms with van der Waals surface area (Å²) in [5.74, 6) is 1.80. The van der Waals surface area contributed by atoms with E-state index in [0.29, 0.717) is 11.4 Å². The number of ether oxygens (including phenoxy) is 1. The molecule has 20 heavy (non-hydrogen) atoms. The lowest BCUT2D eigenvalue weighted by atomic mass is 9.95. The van der Waals surface area contributed by atoms with Gasteiger partial charge in [0, 0.05) is 23.0 Å². The standard InChI is InChI=1S/C16H19ClN2O/c1-20-14-7-2-11-8-9-18-16(15(11)10-14)19-13-5-3-12(17)4-6-13/h2,7-10,12-13H,3-6H2,1H3,(H,18,19). The Bertz CT molecular complexity index is 594. The molecule has 1 aliphatic rings. The highest BCUT2D eigenvalue weighted by Crippen LogP contribution is 2.29. The van der Waals surface area contributed by atoms with Gasteiger partial charge in [0.2, 0.25) is 0 Å². The van der Waals surface area contributed by atoms with Crippen molar-refractivity contribution in [3.8, 4) is 5.75 Å². The summed E-state index contributed by atoms with van der Waals surface area (Å²) in [5, 5.41) is 6.20. The number of pyridine rings is 1. The van der Waals surface area contributed by atoms with E-state index in [4.69, 9.17) is 16.3 Å². The summed E-state index contributed by atoms with van der Waals surface area (Å²) in [5.41, 5.74) is 0. The summed E-state index contributed by atoms with van der Waals surface area (Å²) in [7, 11) is 1.69. The Kier molecular flexibility index (Phi) is 3.97. The van der Waals surface area contributed by atoms with Crippen molar-refractivity contribution in [1.82, 2.24) is 4.98 Å². The predicted molar refractivity (Wildman–Crippen MR) is 83.8 cm³/mol. The minimum absolute atomic E-state index is 0.341. The number of fused-ring (bicyclic) bond motifs is 1. The molecule has 0 aliphatic heterocycles. The van der Waals surface area contributed by atoms with Crippen molar-refractivity contribution < 1.29 is 4.74 Å². The van der Waals surface area contributed by atoms with Crippen LogP contribution in [0.15, 0.2) is 30.5 Å². The SMILES string of the molecule is COc1ccc2ccnc(NC3CCC(Cl)CC3)c2c1. The van der Waals surface area contributed by atoms with Gasteiger partial charge in [-0.25, -0.2) is 4.98 Å². The van der Waals surface area contributed by atoms with E-state index in [-0.39, 0.29) is 0 Å². The minimum atomic E-state index is 0.341. The van der Waals surface area contributed by atoms with Crippen LogP contribution in [0, 0.1) is 0 Å². The predicted octanol–water partition coefficient (Wildman–Crippen LogP) is 4.21. The van der Waals surface area contributed by atoms with E-state index in [1.165, 1.54) is 5.39 Å². The highest BCUT2D eigenvalue weighted by atomic mass is 35.5. The van der Waals surface area contributed by atoms with Gasteiger partial charge in [-0.3, -0.25) is 0 Å². The lowest BCUT2D eigenvalue weighted by molar-refractivity contribution is 0.415. The Balaban J connectivity index is 1.86. The van der Waals surface area contributed by atoms with Crippen LogP contribution in [0.25, 0.3) is 10.8 Å². The third kappa shape index (κ3) is 2.83. The molecule has 1 aromatic heterocycles. The fourth-order valence-electron chi connectivity index (χ4n) is 2.78. The Morgan fingerprint density at radius 2 is 2.00 bits per heavy atom. The van der Waals surface area contributed by atoms with E-state index in [0.717, 1.165) is 42.6 Å². The van der Waals surface area contributed by atoms with Crippen LogP contribution in [0.2, 0.25) is 0 Å². The number of hydrogen-bond acceptors (Lipinski definition) is 3. The quantitative estimate of drug-likeness (QED) is 0.860. The third-order valence-corrected chi connectivity index (χ3v) is 4.41. The summed E-state index contributed by atoms with van der Waals surface area (Å²) >= 11 is 6.16. The van der Waals surface area contributed by atoms with Crippen LogP contribution in [-0.4, -0.2) is 23.5 Å². The average molecular weight is 291 g/mol. The molecule has 0 spiro atoms. The molecule has 3 nitrogen and oxygen atoms in total. The molecule has 1 aromatic carbocycles. The summed E-state index contributed by atoms with van der Waals surface area (Å²) in [6.07, 6.45) is 6.22. The van der Waals surface area contributed by atoms with Gasteiger partial charge in [-0.05, 0) is 49.3 Å². The second kappa shape index (κ2) is 5.88. The second-order valence-electron chi connectivity index (χ2n) is 5.34. The molecule has 1 N–H and O–H groups in total. The van der Waals surface area contributed by atoms with E-state index in [1.807, 2.05) is 24.4 Å². The van der Waals surface area contributed by atoms with Crippen LogP contribution in [0.3, 0.4) is 0 Å². The van der Waals surface area contributed by atoms with Crippen molar-refractivity contribution in [2.75, 3.05) is 12.4 Å². The third-order valence-electron chi connectivity index (χ3n) is 3.97. The first-order valence-electron chi connectivity index (χ1n) is 7.09. The van der Waals surface area contributed by atoms with Crippen LogP contribution >= 0.6 is 11.6 Å². The van der Waals surface area contributed by atoms with Crippen LogP contribution in [0.1, 0.15) is 25.7 Å². The zero-order valence-corrected chi connectivity index (χ0v) is 12.4. The summed E-state index contributed by atoms with van der Waals surface area (Å²) in [6.45, 7) is 0. The Labute approximate surface area is 124 Å². The maximum absolute atomic E-state index is 6.16. The van der Waals surface area contributed by atoms with Gasteiger partial charge >= 0.3 is 0 Å². The molecule has 106 valence electrons. The van der Waals surface area contributed by atoms with Crippen LogP contribution in [0.5, 0.6) is 5.75 Å². The molecular formula is C16H19ClN2O. The molecule has 0 bridgehead atoms. The van der Waals surface area contributed by atoms with Crippen LogP contribution < -0.4 is 10.1 Å². The number of nitrogens with zero attached hydrogens (tertiary/aromatic N) is 1. The second-order valence-corrected chi connectivity index (χ2v) is 5.96. The topological polar surface area (TPSA) is 34.1 Å². The van der Waals surface area contributed by atoms with Crippen molar-refractivity contribution in [1.29, 1.82) is 0 Å². The van der Waals surface area contributed by atoms with Gasteiger partial charge in [0.1, 0.15) is 11.6 Å². The molecule has 0 amide bonds. The van der Waals surface area contributed by atoms with Gasteiger partial charge in [0.25, 0.3) is 0 Å². The van der Waals surface area contributed by atoms with Crippen molar-refractivity contribution in [3.05, 3.63) is 30.5 Å². The van der Waals surface area contributed by atoms with Gasteiger partial charge in [0.05, 0.1) is 7.11 Å². The number of aromatic nitrogens is 1. The number of halogens is 1. The average Bonchev–Trinajstić information content (AvgIpc) is 2.49. The molecule has 2 aromatic rings. The molecule has 1 aliphatic carbocycles. The van der Waals surface area contributed by atoms with E-state index in [2.05, 4.69) is 16.4 Å². The summed E-state index contributed by atoms with van der Waals surface area (Å²) in [4.78, 5) is 4.50. The zero-order valence-electron chi connectivity index (χ0n) is 11.6. The zero-order chi connectivity index (χ0) is 13.9.